The van der Waals surface area contributed by atoms with Crippen LogP contribution in [0.3, 0.4) is 0 Å². The van der Waals surface area contributed by atoms with Crippen molar-refractivity contribution in [1.82, 2.24) is 9.88 Å². The minimum Gasteiger partial charge on any atom is -0.390 e. The van der Waals surface area contributed by atoms with Gasteiger partial charge in [0, 0.05) is 31.5 Å². The molecule has 1 aromatic rings. The van der Waals surface area contributed by atoms with Crippen molar-refractivity contribution in [2.45, 2.75) is 50.2 Å². The van der Waals surface area contributed by atoms with Crippen LogP contribution < -0.4 is 5.73 Å². The van der Waals surface area contributed by atoms with Crippen LogP contribution in [-0.2, 0) is 16.0 Å². The van der Waals surface area contributed by atoms with Crippen LogP contribution >= 0.6 is 11.3 Å². The summed E-state index contributed by atoms with van der Waals surface area (Å²) in [4.78, 5) is 18.4. The first-order chi connectivity index (χ1) is 10.6. The average molecular weight is 325 g/mol. The molecule has 2 fully saturated rings. The van der Waals surface area contributed by atoms with E-state index in [1.54, 1.807) is 0 Å². The number of rotatable bonds is 3. The maximum absolute atomic E-state index is 12.3. The second kappa shape index (κ2) is 6.52. The van der Waals surface area contributed by atoms with Gasteiger partial charge in [-0.1, -0.05) is 0 Å². The molecule has 1 aromatic heterocycles. The van der Waals surface area contributed by atoms with Gasteiger partial charge in [0.15, 0.2) is 5.13 Å². The quantitative estimate of drug-likeness (QED) is 0.871. The molecule has 2 aliphatic heterocycles. The van der Waals surface area contributed by atoms with E-state index in [9.17, 15) is 9.90 Å². The number of thiazole rings is 1. The monoisotopic (exact) mass is 325 g/mol. The van der Waals surface area contributed by atoms with Crippen molar-refractivity contribution in [2.75, 3.05) is 25.4 Å². The molecule has 122 valence electrons. The Labute approximate surface area is 134 Å². The SMILES string of the molecule is Nc1nc(CCC(=O)N2CCC3(CC2)OCCC[C@@H]3O)cs1. The largest absolute Gasteiger partial charge is 0.390 e. The van der Waals surface area contributed by atoms with Crippen LogP contribution in [0.1, 0.15) is 37.8 Å². The topological polar surface area (TPSA) is 88.7 Å². The Hall–Kier alpha value is -1.18. The molecule has 3 N–H and O–H groups in total. The third kappa shape index (κ3) is 3.26. The van der Waals surface area contributed by atoms with Gasteiger partial charge in [0.2, 0.25) is 5.91 Å². The van der Waals surface area contributed by atoms with Crippen molar-refractivity contribution in [3.8, 4) is 0 Å². The van der Waals surface area contributed by atoms with Crippen LogP contribution in [0.2, 0.25) is 0 Å². The third-order valence-corrected chi connectivity index (χ3v) is 5.47. The van der Waals surface area contributed by atoms with Gasteiger partial charge < -0.3 is 20.5 Å². The lowest BCUT2D eigenvalue weighted by atomic mass is 9.82. The number of carbonyl (C=O) groups excluding carboxylic acids is 1. The maximum atomic E-state index is 12.3. The van der Waals surface area contributed by atoms with Crippen LogP contribution in [0.4, 0.5) is 5.13 Å². The van der Waals surface area contributed by atoms with Crippen molar-refractivity contribution in [2.24, 2.45) is 0 Å². The third-order valence-electron chi connectivity index (χ3n) is 4.75. The molecule has 22 heavy (non-hydrogen) atoms. The molecule has 0 unspecified atom stereocenters. The zero-order valence-electron chi connectivity index (χ0n) is 12.7. The average Bonchev–Trinajstić information content (AvgIpc) is 2.94. The molecule has 0 aromatic carbocycles. The van der Waals surface area contributed by atoms with E-state index in [1.807, 2.05) is 10.3 Å². The zero-order chi connectivity index (χ0) is 15.6. The number of ether oxygens (including phenoxy) is 1. The minimum atomic E-state index is -0.418. The van der Waals surface area contributed by atoms with E-state index in [4.69, 9.17) is 10.5 Å². The summed E-state index contributed by atoms with van der Waals surface area (Å²) >= 11 is 1.40. The number of likely N-dealkylation sites (tertiary alicyclic amines) is 1. The fraction of sp³-hybridized carbons (Fsp3) is 0.733. The number of aromatic nitrogens is 1. The maximum Gasteiger partial charge on any atom is 0.222 e. The number of amides is 1. The first kappa shape index (κ1) is 15.7. The summed E-state index contributed by atoms with van der Waals surface area (Å²) in [6.07, 6.45) is 3.87. The number of hydrogen-bond acceptors (Lipinski definition) is 6. The Balaban J connectivity index is 1.49. The van der Waals surface area contributed by atoms with E-state index in [1.165, 1.54) is 11.3 Å². The summed E-state index contributed by atoms with van der Waals surface area (Å²) < 4.78 is 5.87. The predicted octanol–water partition coefficient (Wildman–Crippen LogP) is 1.19. The van der Waals surface area contributed by atoms with E-state index in [-0.39, 0.29) is 5.91 Å². The Morgan fingerprint density at radius 3 is 2.95 bits per heavy atom. The predicted molar refractivity (Wildman–Crippen MR) is 84.6 cm³/mol. The highest BCUT2D eigenvalue weighted by Gasteiger charge is 2.44. The Morgan fingerprint density at radius 1 is 1.55 bits per heavy atom. The number of nitrogens with zero attached hydrogens (tertiary/aromatic N) is 2. The number of piperidine rings is 1. The molecule has 6 nitrogen and oxygen atoms in total. The second-order valence-corrected chi connectivity index (χ2v) is 7.02. The van der Waals surface area contributed by atoms with E-state index < -0.39 is 11.7 Å². The number of anilines is 1. The summed E-state index contributed by atoms with van der Waals surface area (Å²) in [7, 11) is 0. The number of carbonyl (C=O) groups is 1. The van der Waals surface area contributed by atoms with Gasteiger partial charge in [0.05, 0.1) is 17.4 Å². The van der Waals surface area contributed by atoms with Gasteiger partial charge in [-0.05, 0) is 32.1 Å². The molecule has 0 aliphatic carbocycles. The molecular formula is C15H23N3O3S. The van der Waals surface area contributed by atoms with Gasteiger partial charge in [-0.25, -0.2) is 4.98 Å². The van der Waals surface area contributed by atoms with Crippen molar-refractivity contribution >= 4 is 22.4 Å². The fourth-order valence-electron chi connectivity index (χ4n) is 3.35. The summed E-state index contributed by atoms with van der Waals surface area (Å²) in [5.74, 6) is 0.145. The van der Waals surface area contributed by atoms with Gasteiger partial charge in [0.1, 0.15) is 0 Å². The Morgan fingerprint density at radius 2 is 2.32 bits per heavy atom. The summed E-state index contributed by atoms with van der Waals surface area (Å²) in [6, 6.07) is 0. The highest BCUT2D eigenvalue weighted by Crippen LogP contribution is 2.35. The van der Waals surface area contributed by atoms with Gasteiger partial charge in [-0.3, -0.25) is 4.79 Å². The molecule has 7 heteroatoms. The van der Waals surface area contributed by atoms with Crippen LogP contribution in [0, 0.1) is 0 Å². The van der Waals surface area contributed by atoms with E-state index in [2.05, 4.69) is 4.98 Å². The molecule has 2 saturated heterocycles. The molecule has 3 heterocycles. The Kier molecular flexibility index (Phi) is 4.65. The van der Waals surface area contributed by atoms with Crippen molar-refractivity contribution in [1.29, 1.82) is 0 Å². The molecule has 3 rings (SSSR count). The number of nitrogens with two attached hydrogens (primary N) is 1. The van der Waals surface area contributed by atoms with E-state index in [0.29, 0.717) is 31.1 Å². The number of aliphatic hydroxyl groups excluding tert-OH is 1. The van der Waals surface area contributed by atoms with E-state index in [0.717, 1.165) is 38.0 Å². The van der Waals surface area contributed by atoms with Crippen LogP contribution in [0.5, 0.6) is 0 Å². The lowest BCUT2D eigenvalue weighted by Crippen LogP contribution is -2.56. The number of nitrogen functional groups attached to an aromatic ring is 1. The standard InChI is InChI=1S/C15H23N3O3S/c16-14-17-11(10-22-14)3-4-13(20)18-7-5-15(6-8-18)12(19)2-1-9-21-15/h10,12,19H,1-9H2,(H2,16,17)/t12-/m0/s1. The van der Waals surface area contributed by atoms with Gasteiger partial charge in [-0.2, -0.15) is 0 Å². The smallest absolute Gasteiger partial charge is 0.222 e. The fourth-order valence-corrected chi connectivity index (χ4v) is 3.95. The van der Waals surface area contributed by atoms with Crippen molar-refractivity contribution in [3.05, 3.63) is 11.1 Å². The first-order valence-corrected chi connectivity index (χ1v) is 8.77. The summed E-state index contributed by atoms with van der Waals surface area (Å²) in [5, 5.41) is 12.7. The summed E-state index contributed by atoms with van der Waals surface area (Å²) in [6.45, 7) is 2.04. The number of hydrogen-bond donors (Lipinski definition) is 2. The zero-order valence-corrected chi connectivity index (χ0v) is 13.5. The molecule has 2 aliphatic rings. The molecule has 1 amide bonds. The molecule has 1 atom stereocenters. The lowest BCUT2D eigenvalue weighted by molar-refractivity contribution is -0.179. The number of aliphatic hydroxyl groups is 1. The Bertz CT molecular complexity index is 526. The molecule has 1 spiro atoms. The molecule has 0 saturated carbocycles. The van der Waals surface area contributed by atoms with Gasteiger partial charge in [0.25, 0.3) is 0 Å². The first-order valence-electron chi connectivity index (χ1n) is 7.89. The van der Waals surface area contributed by atoms with Crippen LogP contribution in [-0.4, -0.2) is 52.3 Å². The van der Waals surface area contributed by atoms with Crippen molar-refractivity contribution < 1.29 is 14.6 Å². The number of aryl methyl sites for hydroxylation is 1. The highest BCUT2D eigenvalue weighted by molar-refractivity contribution is 7.13. The van der Waals surface area contributed by atoms with Crippen LogP contribution in [0.25, 0.3) is 0 Å². The molecule has 0 bridgehead atoms. The van der Waals surface area contributed by atoms with E-state index >= 15 is 0 Å². The minimum absolute atomic E-state index is 0.145. The van der Waals surface area contributed by atoms with Crippen LogP contribution in [0.15, 0.2) is 5.38 Å². The highest BCUT2D eigenvalue weighted by atomic mass is 32.1. The van der Waals surface area contributed by atoms with Gasteiger partial charge in [-0.15, -0.1) is 11.3 Å². The second-order valence-electron chi connectivity index (χ2n) is 6.13. The summed E-state index contributed by atoms with van der Waals surface area (Å²) in [5.41, 5.74) is 6.06. The lowest BCUT2D eigenvalue weighted by Gasteiger charge is -2.46. The van der Waals surface area contributed by atoms with Crippen molar-refractivity contribution in [3.63, 3.8) is 0 Å². The molecule has 0 radical (unpaired) electrons. The van der Waals surface area contributed by atoms with Gasteiger partial charge >= 0.3 is 0 Å². The normalized spacial score (nSPS) is 24.6. The molecular weight excluding hydrogens is 302 g/mol.